The van der Waals surface area contributed by atoms with Gasteiger partial charge in [-0.1, -0.05) is 72.8 Å². The summed E-state index contributed by atoms with van der Waals surface area (Å²) >= 11 is 0. The predicted molar refractivity (Wildman–Crippen MR) is 164 cm³/mol. The lowest BCUT2D eigenvalue weighted by Crippen LogP contribution is -2.28. The number of imidazole rings is 1. The van der Waals surface area contributed by atoms with E-state index < -0.39 is 0 Å². The van der Waals surface area contributed by atoms with Crippen LogP contribution in [-0.2, 0) is 0 Å². The molecule has 41 heavy (non-hydrogen) atoms. The van der Waals surface area contributed by atoms with Crippen LogP contribution in [0.2, 0.25) is 0 Å². The van der Waals surface area contributed by atoms with Crippen molar-refractivity contribution >= 4 is 28.2 Å². The molecule has 0 saturated heterocycles. The molecule has 5 heteroatoms. The molecule has 2 aromatic heterocycles. The first-order valence-electron chi connectivity index (χ1n) is 13.5. The van der Waals surface area contributed by atoms with Gasteiger partial charge in [0.15, 0.2) is 11.0 Å². The van der Waals surface area contributed by atoms with Gasteiger partial charge in [-0.3, -0.25) is 4.90 Å². The third-order valence-corrected chi connectivity index (χ3v) is 7.19. The molecular weight excluding hydrogens is 504 g/mol. The fourth-order valence-electron chi connectivity index (χ4n) is 5.27. The van der Waals surface area contributed by atoms with E-state index in [1.165, 1.54) is 0 Å². The summed E-state index contributed by atoms with van der Waals surface area (Å²) in [5, 5.41) is 10.5. The Balaban J connectivity index is 1.38. The first-order valence-corrected chi connectivity index (χ1v) is 13.5. The van der Waals surface area contributed by atoms with Gasteiger partial charge in [-0.25, -0.2) is 4.98 Å². The number of aromatic nitrogens is 3. The summed E-state index contributed by atoms with van der Waals surface area (Å²) in [6.07, 6.45) is 2.14. The maximum Gasteiger partial charge on any atom is 0.255 e. The maximum atomic E-state index is 10.5. The number of pyridine rings is 1. The third kappa shape index (κ3) is 4.60. The van der Waals surface area contributed by atoms with Crippen molar-refractivity contribution in [2.45, 2.75) is 0 Å². The summed E-state index contributed by atoms with van der Waals surface area (Å²) in [6.45, 7) is 0. The highest BCUT2D eigenvalue weighted by Gasteiger charge is 2.21. The number of phenols is 1. The second-order valence-electron chi connectivity index (χ2n) is 9.77. The van der Waals surface area contributed by atoms with Crippen molar-refractivity contribution in [3.05, 3.63) is 158 Å². The maximum absolute atomic E-state index is 10.5. The van der Waals surface area contributed by atoms with Gasteiger partial charge in [0.1, 0.15) is 22.9 Å². The lowest BCUT2D eigenvalue weighted by Gasteiger charge is -2.25. The van der Waals surface area contributed by atoms with Crippen LogP contribution in [0.25, 0.3) is 33.7 Å². The van der Waals surface area contributed by atoms with Gasteiger partial charge in [0.25, 0.3) is 6.33 Å². The van der Waals surface area contributed by atoms with Gasteiger partial charge in [-0.05, 0) is 72.8 Å². The third-order valence-electron chi connectivity index (χ3n) is 7.19. The summed E-state index contributed by atoms with van der Waals surface area (Å²) in [7, 11) is 0. The van der Waals surface area contributed by atoms with Crippen LogP contribution in [-0.4, -0.2) is 14.7 Å². The molecule has 0 amide bonds. The number of hydrogen-bond acceptors (Lipinski definition) is 3. The molecule has 0 unspecified atom stereocenters. The van der Waals surface area contributed by atoms with Gasteiger partial charge < -0.3 is 5.11 Å². The van der Waals surface area contributed by atoms with Crippen molar-refractivity contribution in [1.82, 2.24) is 9.55 Å². The van der Waals surface area contributed by atoms with E-state index in [4.69, 9.17) is 4.98 Å². The van der Waals surface area contributed by atoms with Crippen LogP contribution >= 0.6 is 0 Å². The van der Waals surface area contributed by atoms with Crippen LogP contribution in [0, 0.1) is 0 Å². The molecule has 7 aromatic rings. The minimum absolute atomic E-state index is 0.205. The van der Waals surface area contributed by atoms with Crippen molar-refractivity contribution in [2.75, 3.05) is 4.90 Å². The van der Waals surface area contributed by atoms with Gasteiger partial charge in [0, 0.05) is 17.3 Å². The van der Waals surface area contributed by atoms with Crippen LogP contribution in [0.1, 0.15) is 0 Å². The van der Waals surface area contributed by atoms with Crippen LogP contribution in [0.5, 0.6) is 5.75 Å². The number of benzene rings is 5. The highest BCUT2D eigenvalue weighted by atomic mass is 16.3. The van der Waals surface area contributed by atoms with E-state index in [9.17, 15) is 5.11 Å². The second kappa shape index (κ2) is 10.5. The molecule has 0 aliphatic carbocycles. The van der Waals surface area contributed by atoms with Crippen LogP contribution < -0.4 is 9.47 Å². The minimum atomic E-state index is 0.205. The summed E-state index contributed by atoms with van der Waals surface area (Å²) < 4.78 is 4.44. The number of para-hydroxylation sites is 5. The highest BCUT2D eigenvalue weighted by Crippen LogP contribution is 2.36. The average molecular weight is 532 g/mol. The van der Waals surface area contributed by atoms with Crippen molar-refractivity contribution < 1.29 is 9.67 Å². The molecule has 5 nitrogen and oxygen atoms in total. The molecule has 0 fully saturated rings. The number of anilines is 3. The van der Waals surface area contributed by atoms with Gasteiger partial charge in [-0.2, -0.15) is 9.13 Å². The van der Waals surface area contributed by atoms with Crippen LogP contribution in [0.15, 0.2) is 158 Å². The molecule has 1 N–H and O–H groups in total. The largest absolute Gasteiger partial charge is 0.507 e. The molecule has 5 aromatic carbocycles. The van der Waals surface area contributed by atoms with Gasteiger partial charge in [-0.15, -0.1) is 0 Å². The zero-order chi connectivity index (χ0) is 27.6. The van der Waals surface area contributed by atoms with Crippen molar-refractivity contribution in [3.63, 3.8) is 0 Å². The summed E-state index contributed by atoms with van der Waals surface area (Å²) in [5.74, 6) is 0.961. The van der Waals surface area contributed by atoms with E-state index in [1.807, 2.05) is 60.7 Å². The SMILES string of the molecule is Oc1ccccc1-c1cccc(N(c2ccccc2)c2cccc(-n3c[n+](-c4ccccc4)c4ccccc43)c2)n1. The lowest BCUT2D eigenvalue weighted by molar-refractivity contribution is -0.567. The first kappa shape index (κ1) is 24.4. The summed E-state index contributed by atoms with van der Waals surface area (Å²) in [6, 6.07) is 50.7. The Morgan fingerprint density at radius 3 is 2.12 bits per heavy atom. The molecule has 7 rings (SSSR count). The Kier molecular flexibility index (Phi) is 6.22. The molecule has 0 radical (unpaired) electrons. The van der Waals surface area contributed by atoms with E-state index in [-0.39, 0.29) is 5.75 Å². The Labute approximate surface area is 238 Å². The Hall–Kier alpha value is -5.68. The number of hydrogen-bond donors (Lipinski definition) is 1. The van der Waals surface area contributed by atoms with E-state index in [0.717, 1.165) is 39.6 Å². The van der Waals surface area contributed by atoms with Gasteiger partial charge in [0.2, 0.25) is 0 Å². The fraction of sp³-hybridized carbons (Fsp3) is 0. The first-order chi connectivity index (χ1) is 20.3. The Bertz CT molecular complexity index is 1970. The summed E-state index contributed by atoms with van der Waals surface area (Å²) in [4.78, 5) is 7.15. The fourth-order valence-corrected chi connectivity index (χ4v) is 5.27. The number of phenolic OH excluding ortho intramolecular Hbond substituents is 1. The van der Waals surface area contributed by atoms with Gasteiger partial charge in [0.05, 0.1) is 11.4 Å². The number of aromatic hydroxyl groups is 1. The van der Waals surface area contributed by atoms with Crippen molar-refractivity contribution in [2.24, 2.45) is 0 Å². The zero-order valence-corrected chi connectivity index (χ0v) is 22.2. The molecule has 0 atom stereocenters. The standard InChI is InChI=1S/C36H26N4O/c41-35-23-10-7-19-31(35)32-20-12-24-36(37-32)40(28-15-5-2-6-16-28)30-18-11-17-29(25-30)39-26-38(27-13-3-1-4-14-27)33-21-8-9-22-34(33)39/h1-26H/p+1. The van der Waals surface area contributed by atoms with Crippen molar-refractivity contribution in [3.8, 4) is 28.4 Å². The van der Waals surface area contributed by atoms with Crippen LogP contribution in [0.3, 0.4) is 0 Å². The quantitative estimate of drug-likeness (QED) is 0.220. The molecule has 0 spiro atoms. The number of nitrogens with zero attached hydrogens (tertiary/aromatic N) is 4. The molecular formula is C36H27N4O+. The molecule has 0 bridgehead atoms. The van der Waals surface area contributed by atoms with Crippen LogP contribution in [0.4, 0.5) is 17.2 Å². The monoisotopic (exact) mass is 531 g/mol. The number of rotatable bonds is 6. The Morgan fingerprint density at radius 1 is 0.610 bits per heavy atom. The summed E-state index contributed by atoms with van der Waals surface area (Å²) in [5.41, 5.74) is 7.74. The molecule has 2 heterocycles. The lowest BCUT2D eigenvalue weighted by atomic mass is 10.1. The average Bonchev–Trinajstić information content (AvgIpc) is 3.43. The molecule has 0 saturated carbocycles. The zero-order valence-electron chi connectivity index (χ0n) is 22.2. The normalized spacial score (nSPS) is 11.0. The Morgan fingerprint density at radius 2 is 1.29 bits per heavy atom. The van der Waals surface area contributed by atoms with E-state index in [2.05, 4.69) is 105 Å². The van der Waals surface area contributed by atoms with Gasteiger partial charge >= 0.3 is 0 Å². The minimum Gasteiger partial charge on any atom is -0.507 e. The van der Waals surface area contributed by atoms with E-state index >= 15 is 0 Å². The topological polar surface area (TPSA) is 45.2 Å². The highest BCUT2D eigenvalue weighted by molar-refractivity contribution is 5.79. The molecule has 196 valence electrons. The van der Waals surface area contributed by atoms with Crippen molar-refractivity contribution in [1.29, 1.82) is 0 Å². The number of fused-ring (bicyclic) bond motifs is 1. The van der Waals surface area contributed by atoms with E-state index in [1.54, 1.807) is 6.07 Å². The molecule has 0 aliphatic heterocycles. The smallest absolute Gasteiger partial charge is 0.255 e. The van der Waals surface area contributed by atoms with E-state index in [0.29, 0.717) is 11.3 Å². The second-order valence-corrected chi connectivity index (χ2v) is 9.77. The predicted octanol–water partition coefficient (Wildman–Crippen LogP) is 8.14. The molecule has 0 aliphatic rings.